The van der Waals surface area contributed by atoms with Crippen LogP contribution in [0, 0.1) is 6.92 Å². The fraction of sp³-hybridized carbons (Fsp3) is 0.474. The molecule has 1 aliphatic rings. The number of piperidine rings is 1. The molecule has 3 heterocycles. The molecule has 0 unspecified atom stereocenters. The molecule has 0 atom stereocenters. The summed E-state index contributed by atoms with van der Waals surface area (Å²) in [5, 5.41) is 3.52. The zero-order valence-electron chi connectivity index (χ0n) is 15.1. The number of pyridine rings is 1. The van der Waals surface area contributed by atoms with Gasteiger partial charge in [-0.25, -0.2) is 9.97 Å². The predicted octanol–water partition coefficient (Wildman–Crippen LogP) is 3.02. The van der Waals surface area contributed by atoms with Crippen LogP contribution in [0.3, 0.4) is 0 Å². The van der Waals surface area contributed by atoms with E-state index in [-0.39, 0.29) is 5.91 Å². The minimum atomic E-state index is 0.0841. The molecule has 0 spiro atoms. The number of aryl methyl sites for hydroxylation is 1. The van der Waals surface area contributed by atoms with Crippen LogP contribution in [0.4, 0.5) is 5.82 Å². The van der Waals surface area contributed by atoms with E-state index in [1.54, 1.807) is 24.5 Å². The van der Waals surface area contributed by atoms with Gasteiger partial charge < -0.3 is 10.2 Å². The molecule has 0 radical (unpaired) electrons. The number of aromatic nitrogens is 3. The van der Waals surface area contributed by atoms with Crippen LogP contribution in [-0.2, 0) is 0 Å². The van der Waals surface area contributed by atoms with Crippen LogP contribution in [0.2, 0.25) is 0 Å². The Morgan fingerprint density at radius 3 is 2.52 bits per heavy atom. The Morgan fingerprint density at radius 1 is 1.20 bits per heavy atom. The second kappa shape index (κ2) is 7.59. The second-order valence-electron chi connectivity index (χ2n) is 6.85. The monoisotopic (exact) mass is 339 g/mol. The molecule has 132 valence electrons. The van der Waals surface area contributed by atoms with E-state index < -0.39 is 0 Å². The molecule has 1 fully saturated rings. The van der Waals surface area contributed by atoms with Gasteiger partial charge in [0.05, 0.1) is 0 Å². The van der Waals surface area contributed by atoms with E-state index in [0.29, 0.717) is 17.5 Å². The van der Waals surface area contributed by atoms with Gasteiger partial charge in [0.2, 0.25) is 0 Å². The number of hydrogen-bond donors (Lipinski definition) is 1. The number of nitrogens with one attached hydrogen (secondary N) is 1. The maximum Gasteiger partial charge on any atom is 0.253 e. The lowest BCUT2D eigenvalue weighted by atomic mass is 10.0. The van der Waals surface area contributed by atoms with Crippen molar-refractivity contribution in [1.82, 2.24) is 19.9 Å². The third-order valence-corrected chi connectivity index (χ3v) is 4.45. The lowest BCUT2D eigenvalue weighted by Gasteiger charge is -2.32. The van der Waals surface area contributed by atoms with Crippen LogP contribution in [0.5, 0.6) is 0 Å². The number of rotatable bonds is 4. The fourth-order valence-corrected chi connectivity index (χ4v) is 3.04. The summed E-state index contributed by atoms with van der Waals surface area (Å²) in [4.78, 5) is 27.5. The Morgan fingerprint density at radius 2 is 1.88 bits per heavy atom. The zero-order chi connectivity index (χ0) is 17.8. The zero-order valence-corrected chi connectivity index (χ0v) is 15.1. The van der Waals surface area contributed by atoms with Crippen LogP contribution in [0.15, 0.2) is 30.6 Å². The summed E-state index contributed by atoms with van der Waals surface area (Å²) < 4.78 is 0. The molecule has 0 saturated carbocycles. The summed E-state index contributed by atoms with van der Waals surface area (Å²) >= 11 is 0. The number of hydrogen-bond acceptors (Lipinski definition) is 5. The van der Waals surface area contributed by atoms with E-state index in [2.05, 4.69) is 34.1 Å². The molecule has 1 aliphatic heterocycles. The third-order valence-electron chi connectivity index (χ3n) is 4.45. The summed E-state index contributed by atoms with van der Waals surface area (Å²) in [6.07, 6.45) is 5.14. The average molecular weight is 339 g/mol. The molecule has 6 heteroatoms. The number of likely N-dealkylation sites (tertiary alicyclic amines) is 1. The van der Waals surface area contributed by atoms with Gasteiger partial charge in [0.25, 0.3) is 5.91 Å². The molecule has 2 aromatic rings. The minimum absolute atomic E-state index is 0.0841. The SMILES string of the molecule is Cc1cc(NC2CCN(C(=O)c3ccncc3)CC2)nc(C(C)C)n1. The highest BCUT2D eigenvalue weighted by atomic mass is 16.2. The van der Waals surface area contributed by atoms with Gasteiger partial charge in [-0.05, 0) is 31.9 Å². The lowest BCUT2D eigenvalue weighted by molar-refractivity contribution is 0.0718. The normalized spacial score (nSPS) is 15.4. The molecule has 25 heavy (non-hydrogen) atoms. The average Bonchev–Trinajstić information content (AvgIpc) is 2.62. The number of carbonyl (C=O) groups is 1. The van der Waals surface area contributed by atoms with Gasteiger partial charge in [0.15, 0.2) is 0 Å². The van der Waals surface area contributed by atoms with Crippen molar-refractivity contribution < 1.29 is 4.79 Å². The van der Waals surface area contributed by atoms with Gasteiger partial charge in [-0.2, -0.15) is 0 Å². The smallest absolute Gasteiger partial charge is 0.253 e. The molecular weight excluding hydrogens is 314 g/mol. The molecule has 6 nitrogen and oxygen atoms in total. The van der Waals surface area contributed by atoms with Crippen LogP contribution in [0.25, 0.3) is 0 Å². The van der Waals surface area contributed by atoms with Gasteiger partial charge in [-0.1, -0.05) is 13.8 Å². The minimum Gasteiger partial charge on any atom is -0.367 e. The van der Waals surface area contributed by atoms with Crippen molar-refractivity contribution in [3.05, 3.63) is 47.7 Å². The standard InChI is InChI=1S/C19H25N5O/c1-13(2)18-21-14(3)12-17(23-18)22-16-6-10-24(11-7-16)19(25)15-4-8-20-9-5-15/h4-5,8-9,12-13,16H,6-7,10-11H2,1-3H3,(H,21,22,23). The van der Waals surface area contributed by atoms with Crippen molar-refractivity contribution in [1.29, 1.82) is 0 Å². The first-order chi connectivity index (χ1) is 12.0. The summed E-state index contributed by atoms with van der Waals surface area (Å²) in [6, 6.07) is 5.85. The Hall–Kier alpha value is -2.50. The second-order valence-corrected chi connectivity index (χ2v) is 6.85. The van der Waals surface area contributed by atoms with Gasteiger partial charge >= 0.3 is 0 Å². The highest BCUT2D eigenvalue weighted by Gasteiger charge is 2.24. The highest BCUT2D eigenvalue weighted by Crippen LogP contribution is 2.19. The predicted molar refractivity (Wildman–Crippen MR) is 97.6 cm³/mol. The highest BCUT2D eigenvalue weighted by molar-refractivity contribution is 5.94. The molecule has 1 saturated heterocycles. The maximum absolute atomic E-state index is 12.5. The molecular formula is C19H25N5O. The van der Waals surface area contributed by atoms with Gasteiger partial charge in [0.1, 0.15) is 11.6 Å². The number of nitrogens with zero attached hydrogens (tertiary/aromatic N) is 4. The van der Waals surface area contributed by atoms with E-state index in [0.717, 1.165) is 43.3 Å². The van der Waals surface area contributed by atoms with Crippen LogP contribution in [-0.4, -0.2) is 44.9 Å². The molecule has 2 aromatic heterocycles. The van der Waals surface area contributed by atoms with Crippen LogP contribution in [0.1, 0.15) is 54.5 Å². The van der Waals surface area contributed by atoms with Crippen molar-refractivity contribution in [3.8, 4) is 0 Å². The first kappa shape index (κ1) is 17.3. The Kier molecular flexibility index (Phi) is 5.26. The number of anilines is 1. The van der Waals surface area contributed by atoms with Crippen molar-refractivity contribution in [2.75, 3.05) is 18.4 Å². The van der Waals surface area contributed by atoms with Crippen molar-refractivity contribution in [2.24, 2.45) is 0 Å². The molecule has 1 amide bonds. The third kappa shape index (κ3) is 4.32. The van der Waals surface area contributed by atoms with Crippen molar-refractivity contribution in [3.63, 3.8) is 0 Å². The first-order valence-electron chi connectivity index (χ1n) is 8.84. The molecule has 0 aromatic carbocycles. The maximum atomic E-state index is 12.5. The Balaban J connectivity index is 1.59. The molecule has 0 aliphatic carbocycles. The Bertz CT molecular complexity index is 724. The number of amides is 1. The topological polar surface area (TPSA) is 71.0 Å². The van der Waals surface area contributed by atoms with E-state index in [1.807, 2.05) is 17.9 Å². The van der Waals surface area contributed by atoms with E-state index >= 15 is 0 Å². The van der Waals surface area contributed by atoms with Gasteiger partial charge in [-0.3, -0.25) is 9.78 Å². The summed E-state index contributed by atoms with van der Waals surface area (Å²) in [5.74, 6) is 2.14. The van der Waals surface area contributed by atoms with Gasteiger partial charge in [0, 0.05) is 54.8 Å². The first-order valence-corrected chi connectivity index (χ1v) is 8.84. The van der Waals surface area contributed by atoms with E-state index in [9.17, 15) is 4.79 Å². The molecule has 0 bridgehead atoms. The number of carbonyl (C=O) groups excluding carboxylic acids is 1. The fourth-order valence-electron chi connectivity index (χ4n) is 3.04. The molecule has 3 rings (SSSR count). The lowest BCUT2D eigenvalue weighted by Crippen LogP contribution is -2.42. The van der Waals surface area contributed by atoms with Gasteiger partial charge in [-0.15, -0.1) is 0 Å². The van der Waals surface area contributed by atoms with Crippen molar-refractivity contribution in [2.45, 2.75) is 45.6 Å². The largest absolute Gasteiger partial charge is 0.367 e. The Labute approximate surface area is 148 Å². The molecule has 1 N–H and O–H groups in total. The van der Waals surface area contributed by atoms with E-state index in [1.165, 1.54) is 0 Å². The van der Waals surface area contributed by atoms with Crippen LogP contribution >= 0.6 is 0 Å². The van der Waals surface area contributed by atoms with Crippen LogP contribution < -0.4 is 5.32 Å². The summed E-state index contributed by atoms with van der Waals surface area (Å²) in [7, 11) is 0. The quantitative estimate of drug-likeness (QED) is 0.927. The van der Waals surface area contributed by atoms with E-state index in [4.69, 9.17) is 0 Å². The summed E-state index contributed by atoms with van der Waals surface area (Å²) in [6.45, 7) is 7.69. The van der Waals surface area contributed by atoms with Crippen molar-refractivity contribution >= 4 is 11.7 Å². The summed E-state index contributed by atoms with van der Waals surface area (Å²) in [5.41, 5.74) is 1.68.